The van der Waals surface area contributed by atoms with Gasteiger partial charge < -0.3 is 10.7 Å². The molecular formula is C14H12N4O. The maximum absolute atomic E-state index is 11.4. The fourth-order valence-electron chi connectivity index (χ4n) is 2.12. The Balaban J connectivity index is 2.21. The summed E-state index contributed by atoms with van der Waals surface area (Å²) in [6.07, 6.45) is 1.70. The molecule has 5 nitrogen and oxygen atoms in total. The summed E-state index contributed by atoms with van der Waals surface area (Å²) in [5, 5.41) is 0. The molecule has 0 aliphatic rings. The second kappa shape index (κ2) is 4.20. The third-order valence-corrected chi connectivity index (χ3v) is 2.96. The standard InChI is InChI=1S/C14H12N4O/c1-8-17-12-6-9(7-16-14(12)18-8)10-4-2-3-5-11(10)13(15)19/h2-7H,1H3,(H2,15,19)(H,16,17,18). The molecular weight excluding hydrogens is 240 g/mol. The Bertz CT molecular complexity index is 776. The maximum atomic E-state index is 11.4. The van der Waals surface area contributed by atoms with Gasteiger partial charge in [-0.15, -0.1) is 0 Å². The Morgan fingerprint density at radius 1 is 1.32 bits per heavy atom. The van der Waals surface area contributed by atoms with Crippen LogP contribution < -0.4 is 5.73 Å². The Morgan fingerprint density at radius 3 is 2.89 bits per heavy atom. The van der Waals surface area contributed by atoms with E-state index in [1.54, 1.807) is 18.3 Å². The first kappa shape index (κ1) is 11.4. The highest BCUT2D eigenvalue weighted by Crippen LogP contribution is 2.25. The van der Waals surface area contributed by atoms with E-state index < -0.39 is 5.91 Å². The van der Waals surface area contributed by atoms with Crippen LogP contribution in [0.2, 0.25) is 0 Å². The van der Waals surface area contributed by atoms with E-state index in [9.17, 15) is 4.79 Å². The Kier molecular flexibility index (Phi) is 2.52. The lowest BCUT2D eigenvalue weighted by Gasteiger charge is -2.06. The van der Waals surface area contributed by atoms with Crippen molar-refractivity contribution in [3.63, 3.8) is 0 Å². The van der Waals surface area contributed by atoms with Gasteiger partial charge in [-0.05, 0) is 24.6 Å². The van der Waals surface area contributed by atoms with Gasteiger partial charge in [0.2, 0.25) is 5.91 Å². The lowest BCUT2D eigenvalue weighted by Crippen LogP contribution is -2.12. The number of carbonyl (C=O) groups is 1. The molecule has 94 valence electrons. The lowest BCUT2D eigenvalue weighted by atomic mass is 10.0. The van der Waals surface area contributed by atoms with Crippen molar-refractivity contribution in [2.45, 2.75) is 6.92 Å². The van der Waals surface area contributed by atoms with Crippen molar-refractivity contribution >= 4 is 17.1 Å². The molecule has 3 aromatic rings. The zero-order valence-electron chi connectivity index (χ0n) is 10.3. The highest BCUT2D eigenvalue weighted by Gasteiger charge is 2.11. The fourth-order valence-corrected chi connectivity index (χ4v) is 2.12. The van der Waals surface area contributed by atoms with E-state index in [4.69, 9.17) is 5.73 Å². The number of aromatic amines is 1. The van der Waals surface area contributed by atoms with Crippen LogP contribution in [0.3, 0.4) is 0 Å². The van der Waals surface area contributed by atoms with Gasteiger partial charge >= 0.3 is 0 Å². The Morgan fingerprint density at radius 2 is 2.11 bits per heavy atom. The zero-order chi connectivity index (χ0) is 13.4. The number of fused-ring (bicyclic) bond motifs is 1. The van der Waals surface area contributed by atoms with Crippen molar-refractivity contribution in [1.82, 2.24) is 15.0 Å². The Hall–Kier alpha value is -2.69. The van der Waals surface area contributed by atoms with Crippen LogP contribution in [0.5, 0.6) is 0 Å². The molecule has 1 amide bonds. The van der Waals surface area contributed by atoms with Crippen molar-refractivity contribution in [3.05, 3.63) is 47.9 Å². The first-order valence-corrected chi connectivity index (χ1v) is 5.87. The summed E-state index contributed by atoms with van der Waals surface area (Å²) in [5.74, 6) is 0.360. The molecule has 0 fully saturated rings. The molecule has 5 heteroatoms. The summed E-state index contributed by atoms with van der Waals surface area (Å²) < 4.78 is 0. The van der Waals surface area contributed by atoms with Crippen LogP contribution in [0.4, 0.5) is 0 Å². The highest BCUT2D eigenvalue weighted by atomic mass is 16.1. The molecule has 0 bridgehead atoms. The van der Waals surface area contributed by atoms with Crippen LogP contribution in [0.25, 0.3) is 22.3 Å². The van der Waals surface area contributed by atoms with Crippen LogP contribution in [0.15, 0.2) is 36.5 Å². The van der Waals surface area contributed by atoms with E-state index in [1.807, 2.05) is 25.1 Å². The molecule has 2 aromatic heterocycles. The van der Waals surface area contributed by atoms with Crippen LogP contribution in [-0.4, -0.2) is 20.9 Å². The van der Waals surface area contributed by atoms with Crippen LogP contribution in [0, 0.1) is 6.92 Å². The molecule has 0 saturated heterocycles. The molecule has 0 atom stereocenters. The zero-order valence-corrected chi connectivity index (χ0v) is 10.3. The number of benzene rings is 1. The summed E-state index contributed by atoms with van der Waals surface area (Å²) >= 11 is 0. The molecule has 2 heterocycles. The van der Waals surface area contributed by atoms with Gasteiger partial charge in [0.05, 0.1) is 5.52 Å². The Labute approximate surface area is 109 Å². The van der Waals surface area contributed by atoms with Gasteiger partial charge in [0, 0.05) is 17.3 Å². The third-order valence-electron chi connectivity index (χ3n) is 2.96. The smallest absolute Gasteiger partial charge is 0.249 e. The van der Waals surface area contributed by atoms with E-state index in [0.29, 0.717) is 11.2 Å². The minimum Gasteiger partial charge on any atom is -0.366 e. The number of nitrogens with zero attached hydrogens (tertiary/aromatic N) is 2. The number of amides is 1. The average molecular weight is 252 g/mol. The fraction of sp³-hybridized carbons (Fsp3) is 0.0714. The number of carbonyl (C=O) groups excluding carboxylic acids is 1. The molecule has 0 radical (unpaired) electrons. The number of hydrogen-bond acceptors (Lipinski definition) is 3. The van der Waals surface area contributed by atoms with Gasteiger partial charge in [0.25, 0.3) is 0 Å². The number of aromatic nitrogens is 3. The summed E-state index contributed by atoms with van der Waals surface area (Å²) in [6.45, 7) is 1.87. The molecule has 3 N–H and O–H groups in total. The third kappa shape index (κ3) is 1.95. The van der Waals surface area contributed by atoms with E-state index in [0.717, 1.165) is 22.5 Å². The number of primary amides is 1. The number of imidazole rings is 1. The number of pyridine rings is 1. The van der Waals surface area contributed by atoms with E-state index in [2.05, 4.69) is 15.0 Å². The molecule has 0 unspecified atom stereocenters. The summed E-state index contributed by atoms with van der Waals surface area (Å²) in [6, 6.07) is 9.14. The second-order valence-corrected chi connectivity index (χ2v) is 4.33. The van der Waals surface area contributed by atoms with Gasteiger partial charge in [-0.25, -0.2) is 9.97 Å². The lowest BCUT2D eigenvalue weighted by molar-refractivity contribution is 0.100. The van der Waals surface area contributed by atoms with Crippen LogP contribution in [-0.2, 0) is 0 Å². The van der Waals surface area contributed by atoms with Crippen LogP contribution in [0.1, 0.15) is 16.2 Å². The van der Waals surface area contributed by atoms with E-state index in [1.165, 1.54) is 0 Å². The monoisotopic (exact) mass is 252 g/mol. The molecule has 0 aliphatic heterocycles. The highest BCUT2D eigenvalue weighted by molar-refractivity contribution is 6.00. The molecule has 0 aliphatic carbocycles. The van der Waals surface area contributed by atoms with Crippen molar-refractivity contribution in [1.29, 1.82) is 0 Å². The number of aryl methyl sites for hydroxylation is 1. The van der Waals surface area contributed by atoms with Gasteiger partial charge in [-0.2, -0.15) is 0 Å². The van der Waals surface area contributed by atoms with Gasteiger partial charge in [0.1, 0.15) is 5.82 Å². The molecule has 3 rings (SSSR count). The number of H-pyrrole nitrogens is 1. The van der Waals surface area contributed by atoms with E-state index >= 15 is 0 Å². The second-order valence-electron chi connectivity index (χ2n) is 4.33. The van der Waals surface area contributed by atoms with E-state index in [-0.39, 0.29) is 0 Å². The molecule has 1 aromatic carbocycles. The van der Waals surface area contributed by atoms with Gasteiger partial charge in [-0.3, -0.25) is 4.79 Å². The summed E-state index contributed by atoms with van der Waals surface area (Å²) in [5.41, 5.74) is 8.99. The minimum absolute atomic E-state index is 0.448. The predicted molar refractivity (Wildman–Crippen MR) is 72.6 cm³/mol. The van der Waals surface area contributed by atoms with Gasteiger partial charge in [-0.1, -0.05) is 18.2 Å². The first-order chi connectivity index (χ1) is 9.15. The minimum atomic E-state index is -0.448. The van der Waals surface area contributed by atoms with Crippen LogP contribution >= 0.6 is 0 Å². The number of nitrogens with two attached hydrogens (primary N) is 1. The molecule has 0 saturated carbocycles. The predicted octanol–water partition coefficient (Wildman–Crippen LogP) is 2.03. The maximum Gasteiger partial charge on any atom is 0.249 e. The van der Waals surface area contributed by atoms with Crippen molar-refractivity contribution in [2.24, 2.45) is 5.73 Å². The first-order valence-electron chi connectivity index (χ1n) is 5.87. The SMILES string of the molecule is Cc1nc2ncc(-c3ccccc3C(N)=O)cc2[nH]1. The summed E-state index contributed by atoms with van der Waals surface area (Å²) in [4.78, 5) is 23.1. The largest absolute Gasteiger partial charge is 0.366 e. The molecule has 19 heavy (non-hydrogen) atoms. The quantitative estimate of drug-likeness (QED) is 0.731. The number of nitrogens with one attached hydrogen (secondary N) is 1. The number of rotatable bonds is 2. The van der Waals surface area contributed by atoms with Crippen molar-refractivity contribution < 1.29 is 4.79 Å². The van der Waals surface area contributed by atoms with Crippen molar-refractivity contribution in [2.75, 3.05) is 0 Å². The summed E-state index contributed by atoms with van der Waals surface area (Å²) in [7, 11) is 0. The van der Waals surface area contributed by atoms with Crippen molar-refractivity contribution in [3.8, 4) is 11.1 Å². The normalized spacial score (nSPS) is 10.8. The van der Waals surface area contributed by atoms with Gasteiger partial charge in [0.15, 0.2) is 5.65 Å². The molecule has 0 spiro atoms. The topological polar surface area (TPSA) is 84.7 Å². The number of hydrogen-bond donors (Lipinski definition) is 2. The average Bonchev–Trinajstić information content (AvgIpc) is 2.77.